The second-order valence-corrected chi connectivity index (χ2v) is 9.34. The molecule has 1 atom stereocenters. The first-order chi connectivity index (χ1) is 13.7. The average Bonchev–Trinajstić information content (AvgIpc) is 3.06. The molecule has 0 spiro atoms. The Bertz CT molecular complexity index is 939. The maximum Gasteiger partial charge on any atom is 0.241 e. The lowest BCUT2D eigenvalue weighted by molar-refractivity contribution is -0.122. The Hall–Kier alpha value is -2.30. The van der Waals surface area contributed by atoms with Crippen molar-refractivity contribution < 1.29 is 18.0 Å². The van der Waals surface area contributed by atoms with Gasteiger partial charge in [0.2, 0.25) is 21.8 Å². The molecule has 10 heteroatoms. The number of hydrogen-bond acceptors (Lipinski definition) is 6. The summed E-state index contributed by atoms with van der Waals surface area (Å²) in [6.45, 7) is 5.30. The van der Waals surface area contributed by atoms with E-state index in [4.69, 9.17) is 0 Å². The Morgan fingerprint density at radius 1 is 1.17 bits per heavy atom. The van der Waals surface area contributed by atoms with Crippen molar-refractivity contribution in [2.45, 2.75) is 51.0 Å². The molecule has 0 aliphatic heterocycles. The van der Waals surface area contributed by atoms with E-state index in [-0.39, 0.29) is 16.7 Å². The second-order valence-electron chi connectivity index (χ2n) is 6.68. The van der Waals surface area contributed by atoms with Gasteiger partial charge < -0.3 is 10.6 Å². The van der Waals surface area contributed by atoms with Crippen molar-refractivity contribution in [1.82, 2.24) is 15.0 Å². The standard InChI is InChI=1S/C19H26N4O4S2/c1-13-12-28-18(21-13)6-4-5-11-20-19(25)14(2)23-29(26,27)17-9-7-16(8-10-17)22-15(3)24/h7-10,12,14,23H,4-6,11H2,1-3H3,(H,20,25)(H,22,24)/t14-/m0/s1. The molecule has 2 rings (SSSR count). The number of aromatic nitrogens is 1. The highest BCUT2D eigenvalue weighted by Crippen LogP contribution is 2.14. The molecule has 0 saturated carbocycles. The van der Waals surface area contributed by atoms with Crippen LogP contribution >= 0.6 is 11.3 Å². The van der Waals surface area contributed by atoms with E-state index in [0.717, 1.165) is 30.0 Å². The third-order valence-electron chi connectivity index (χ3n) is 3.99. The molecule has 1 aromatic carbocycles. The monoisotopic (exact) mass is 438 g/mol. The summed E-state index contributed by atoms with van der Waals surface area (Å²) in [6, 6.07) is 4.82. The Labute approximate surface area is 175 Å². The lowest BCUT2D eigenvalue weighted by atomic mass is 10.2. The van der Waals surface area contributed by atoms with Gasteiger partial charge in [-0.2, -0.15) is 4.72 Å². The minimum Gasteiger partial charge on any atom is -0.355 e. The smallest absolute Gasteiger partial charge is 0.241 e. The van der Waals surface area contributed by atoms with Crippen LogP contribution in [0.3, 0.4) is 0 Å². The highest BCUT2D eigenvalue weighted by atomic mass is 32.2. The van der Waals surface area contributed by atoms with Crippen molar-refractivity contribution in [3.63, 3.8) is 0 Å². The van der Waals surface area contributed by atoms with Gasteiger partial charge in [0.25, 0.3) is 0 Å². The lowest BCUT2D eigenvalue weighted by Gasteiger charge is -2.14. The summed E-state index contributed by atoms with van der Waals surface area (Å²) in [4.78, 5) is 27.6. The Balaban J connectivity index is 1.77. The SMILES string of the molecule is CC(=O)Nc1ccc(S(=O)(=O)N[C@@H](C)C(=O)NCCCCc2nc(C)cs2)cc1. The average molecular weight is 439 g/mol. The van der Waals surface area contributed by atoms with Crippen LogP contribution in [0, 0.1) is 6.92 Å². The maximum absolute atomic E-state index is 12.4. The number of unbranched alkanes of at least 4 members (excludes halogenated alkanes) is 1. The lowest BCUT2D eigenvalue weighted by Crippen LogP contribution is -2.44. The van der Waals surface area contributed by atoms with E-state index in [1.807, 2.05) is 12.3 Å². The van der Waals surface area contributed by atoms with E-state index in [1.165, 1.54) is 38.1 Å². The summed E-state index contributed by atoms with van der Waals surface area (Å²) >= 11 is 1.63. The van der Waals surface area contributed by atoms with Crippen LogP contribution in [-0.2, 0) is 26.0 Å². The number of anilines is 1. The topological polar surface area (TPSA) is 117 Å². The van der Waals surface area contributed by atoms with E-state index in [2.05, 4.69) is 20.3 Å². The Kier molecular flexibility index (Phi) is 8.30. The number of thiazole rings is 1. The predicted molar refractivity (Wildman–Crippen MR) is 113 cm³/mol. The van der Waals surface area contributed by atoms with Gasteiger partial charge in [-0.3, -0.25) is 9.59 Å². The van der Waals surface area contributed by atoms with Gasteiger partial charge in [-0.1, -0.05) is 0 Å². The molecule has 158 valence electrons. The molecule has 1 heterocycles. The minimum absolute atomic E-state index is 0.0185. The molecule has 0 unspecified atom stereocenters. The minimum atomic E-state index is -3.85. The quantitative estimate of drug-likeness (QED) is 0.492. The zero-order chi connectivity index (χ0) is 21.4. The van der Waals surface area contributed by atoms with Crippen molar-refractivity contribution in [2.24, 2.45) is 0 Å². The summed E-state index contributed by atoms with van der Waals surface area (Å²) in [5.41, 5.74) is 1.51. The van der Waals surface area contributed by atoms with E-state index in [1.54, 1.807) is 11.3 Å². The van der Waals surface area contributed by atoms with Gasteiger partial charge in [-0.15, -0.1) is 11.3 Å². The summed E-state index contributed by atoms with van der Waals surface area (Å²) in [5, 5.41) is 8.41. The van der Waals surface area contributed by atoms with Crippen LogP contribution in [0.4, 0.5) is 5.69 Å². The molecule has 2 aromatic rings. The van der Waals surface area contributed by atoms with Gasteiger partial charge in [0.15, 0.2) is 0 Å². The normalized spacial score (nSPS) is 12.4. The molecule has 3 N–H and O–H groups in total. The molecule has 1 aromatic heterocycles. The van der Waals surface area contributed by atoms with Gasteiger partial charge >= 0.3 is 0 Å². The van der Waals surface area contributed by atoms with Crippen molar-refractivity contribution in [2.75, 3.05) is 11.9 Å². The van der Waals surface area contributed by atoms with Crippen LogP contribution < -0.4 is 15.4 Å². The molecule has 29 heavy (non-hydrogen) atoms. The predicted octanol–water partition coefficient (Wildman–Crippen LogP) is 2.22. The number of rotatable bonds is 10. The number of aryl methyl sites for hydroxylation is 2. The fourth-order valence-electron chi connectivity index (χ4n) is 2.56. The second kappa shape index (κ2) is 10.5. The number of hydrogen-bond donors (Lipinski definition) is 3. The summed E-state index contributed by atoms with van der Waals surface area (Å²) < 4.78 is 27.2. The molecule has 0 aliphatic rings. The largest absolute Gasteiger partial charge is 0.355 e. The molecule has 0 fully saturated rings. The zero-order valence-electron chi connectivity index (χ0n) is 16.7. The fourth-order valence-corrected chi connectivity index (χ4v) is 4.58. The highest BCUT2D eigenvalue weighted by Gasteiger charge is 2.21. The summed E-state index contributed by atoms with van der Waals surface area (Å²) in [5.74, 6) is -0.626. The van der Waals surface area contributed by atoms with Crippen LogP contribution in [0.5, 0.6) is 0 Å². The Morgan fingerprint density at radius 3 is 2.45 bits per heavy atom. The number of carbonyl (C=O) groups excluding carboxylic acids is 2. The van der Waals surface area contributed by atoms with Crippen molar-refractivity contribution >= 4 is 38.9 Å². The fraction of sp³-hybridized carbons (Fsp3) is 0.421. The number of sulfonamides is 1. The van der Waals surface area contributed by atoms with E-state index >= 15 is 0 Å². The van der Waals surface area contributed by atoms with Crippen LogP contribution in [0.25, 0.3) is 0 Å². The maximum atomic E-state index is 12.4. The molecule has 0 saturated heterocycles. The Morgan fingerprint density at radius 2 is 1.86 bits per heavy atom. The number of benzene rings is 1. The zero-order valence-corrected chi connectivity index (χ0v) is 18.3. The van der Waals surface area contributed by atoms with Crippen LogP contribution in [0.15, 0.2) is 34.5 Å². The first-order valence-corrected chi connectivity index (χ1v) is 11.6. The van der Waals surface area contributed by atoms with Crippen LogP contribution in [0.1, 0.15) is 37.4 Å². The molecular weight excluding hydrogens is 412 g/mol. The first-order valence-electron chi connectivity index (χ1n) is 9.26. The highest BCUT2D eigenvalue weighted by molar-refractivity contribution is 7.89. The van der Waals surface area contributed by atoms with Crippen molar-refractivity contribution in [1.29, 1.82) is 0 Å². The number of nitrogens with zero attached hydrogens (tertiary/aromatic N) is 1. The van der Waals surface area contributed by atoms with E-state index in [0.29, 0.717) is 12.2 Å². The van der Waals surface area contributed by atoms with E-state index < -0.39 is 16.1 Å². The van der Waals surface area contributed by atoms with Gasteiger partial charge in [-0.25, -0.2) is 13.4 Å². The van der Waals surface area contributed by atoms with Crippen molar-refractivity contribution in [3.05, 3.63) is 40.3 Å². The van der Waals surface area contributed by atoms with Crippen LogP contribution in [-0.4, -0.2) is 37.8 Å². The third-order valence-corrected chi connectivity index (χ3v) is 6.58. The van der Waals surface area contributed by atoms with Gasteiger partial charge in [0.1, 0.15) is 0 Å². The van der Waals surface area contributed by atoms with Gasteiger partial charge in [0.05, 0.1) is 15.9 Å². The molecule has 2 amide bonds. The summed E-state index contributed by atoms with van der Waals surface area (Å²) in [7, 11) is -3.85. The number of nitrogens with one attached hydrogen (secondary N) is 3. The summed E-state index contributed by atoms with van der Waals surface area (Å²) in [6.07, 6.45) is 2.55. The molecule has 8 nitrogen and oxygen atoms in total. The molecule has 0 bridgehead atoms. The first kappa shape index (κ1) is 23.0. The number of carbonyl (C=O) groups is 2. The molecule has 0 aliphatic carbocycles. The third kappa shape index (κ3) is 7.56. The van der Waals surface area contributed by atoms with Crippen molar-refractivity contribution in [3.8, 4) is 0 Å². The molecule has 0 radical (unpaired) electrons. The number of amides is 2. The molecular formula is C19H26N4O4S2. The van der Waals surface area contributed by atoms with E-state index in [9.17, 15) is 18.0 Å². The van der Waals surface area contributed by atoms with Crippen LogP contribution in [0.2, 0.25) is 0 Å². The van der Waals surface area contributed by atoms with Gasteiger partial charge in [0, 0.05) is 30.2 Å². The van der Waals surface area contributed by atoms with Gasteiger partial charge in [-0.05, 0) is 57.4 Å².